The molecule has 0 spiro atoms. The van der Waals surface area contributed by atoms with Gasteiger partial charge in [-0.25, -0.2) is 0 Å². The number of nitrogens with one attached hydrogen (secondary N) is 1. The predicted molar refractivity (Wildman–Crippen MR) is 78.5 cm³/mol. The van der Waals surface area contributed by atoms with Crippen LogP contribution in [-0.4, -0.2) is 44.8 Å². The maximum Gasteiger partial charge on any atom is 0.0816 e. The summed E-state index contributed by atoms with van der Waals surface area (Å²) in [6.45, 7) is 10.1. The van der Waals surface area contributed by atoms with Crippen LogP contribution in [0.3, 0.4) is 0 Å². The largest absolute Gasteiger partial charge is 0.328 e. The number of likely N-dealkylation sites (tertiary alicyclic amines) is 1. The zero-order valence-electron chi connectivity index (χ0n) is 12.9. The normalized spacial score (nSPS) is 39.3. The molecule has 1 N–H and O–H groups in total. The van der Waals surface area contributed by atoms with Gasteiger partial charge in [0.05, 0.1) is 27.2 Å². The highest BCUT2D eigenvalue weighted by Gasteiger charge is 2.39. The third-order valence-corrected chi connectivity index (χ3v) is 5.56. The first-order valence-corrected chi connectivity index (χ1v) is 8.08. The standard InChI is InChI=1S/C16H33N2/c1-5-13-9-17-10-15(13)7-8-16-12-18(3,4)11-14(16)6-2/h13-17H,5-12H2,1-4H3/q+1. The minimum atomic E-state index is 0.953. The number of rotatable bonds is 5. The van der Waals surface area contributed by atoms with E-state index in [-0.39, 0.29) is 0 Å². The molecule has 0 radical (unpaired) electrons. The SMILES string of the molecule is CCC1CNCC1CCC1C[N+](C)(C)CC1CC. The van der Waals surface area contributed by atoms with Crippen molar-refractivity contribution in [1.29, 1.82) is 0 Å². The monoisotopic (exact) mass is 253 g/mol. The van der Waals surface area contributed by atoms with Crippen molar-refractivity contribution in [2.24, 2.45) is 23.7 Å². The summed E-state index contributed by atoms with van der Waals surface area (Å²) >= 11 is 0. The van der Waals surface area contributed by atoms with E-state index in [1.54, 1.807) is 0 Å². The van der Waals surface area contributed by atoms with Gasteiger partial charge in [-0.3, -0.25) is 0 Å². The maximum atomic E-state index is 3.59. The van der Waals surface area contributed by atoms with Gasteiger partial charge >= 0.3 is 0 Å². The Bertz CT molecular complexity index is 262. The molecule has 0 aromatic heterocycles. The summed E-state index contributed by atoms with van der Waals surface area (Å²) in [6.07, 6.45) is 5.68. The van der Waals surface area contributed by atoms with E-state index in [2.05, 4.69) is 33.3 Å². The van der Waals surface area contributed by atoms with E-state index in [1.165, 1.54) is 56.3 Å². The highest BCUT2D eigenvalue weighted by Crippen LogP contribution is 2.35. The first kappa shape index (κ1) is 14.3. The van der Waals surface area contributed by atoms with E-state index in [0.29, 0.717) is 0 Å². The van der Waals surface area contributed by atoms with Crippen LogP contribution in [0.5, 0.6) is 0 Å². The predicted octanol–water partition coefficient (Wildman–Crippen LogP) is 2.74. The van der Waals surface area contributed by atoms with Crippen molar-refractivity contribution in [3.63, 3.8) is 0 Å². The summed E-state index contributed by atoms with van der Waals surface area (Å²) in [5.74, 6) is 3.88. The Labute approximate surface area is 114 Å². The third-order valence-electron chi connectivity index (χ3n) is 5.56. The lowest BCUT2D eigenvalue weighted by molar-refractivity contribution is -0.880. The number of quaternary nitrogens is 1. The molecule has 106 valence electrons. The first-order valence-electron chi connectivity index (χ1n) is 8.08. The van der Waals surface area contributed by atoms with Gasteiger partial charge in [0, 0.05) is 11.8 Å². The van der Waals surface area contributed by atoms with Gasteiger partial charge in [-0.05, 0) is 44.2 Å². The smallest absolute Gasteiger partial charge is 0.0816 e. The molecule has 0 aromatic rings. The van der Waals surface area contributed by atoms with Crippen LogP contribution in [0.15, 0.2) is 0 Å². The molecule has 4 unspecified atom stereocenters. The Hall–Kier alpha value is -0.0800. The number of nitrogens with zero attached hydrogens (tertiary/aromatic N) is 1. The van der Waals surface area contributed by atoms with Gasteiger partial charge in [-0.1, -0.05) is 20.3 Å². The van der Waals surface area contributed by atoms with Gasteiger partial charge < -0.3 is 9.80 Å². The van der Waals surface area contributed by atoms with Gasteiger partial charge in [0.2, 0.25) is 0 Å². The van der Waals surface area contributed by atoms with Crippen molar-refractivity contribution in [3.05, 3.63) is 0 Å². The molecule has 0 aliphatic carbocycles. The second kappa shape index (κ2) is 5.92. The second-order valence-corrected chi connectivity index (χ2v) is 7.39. The van der Waals surface area contributed by atoms with E-state index >= 15 is 0 Å². The van der Waals surface area contributed by atoms with E-state index in [4.69, 9.17) is 0 Å². The van der Waals surface area contributed by atoms with E-state index in [0.717, 1.165) is 23.7 Å². The molecule has 0 amide bonds. The molecule has 4 atom stereocenters. The molecule has 0 aromatic carbocycles. The van der Waals surface area contributed by atoms with Crippen molar-refractivity contribution >= 4 is 0 Å². The Kier molecular flexibility index (Phi) is 4.71. The molecular formula is C16H33N2+. The van der Waals surface area contributed by atoms with Crippen LogP contribution < -0.4 is 5.32 Å². The fourth-order valence-corrected chi connectivity index (χ4v) is 4.46. The summed E-state index contributed by atoms with van der Waals surface area (Å²) in [4.78, 5) is 0. The summed E-state index contributed by atoms with van der Waals surface area (Å²) in [5, 5.41) is 3.59. The Balaban J connectivity index is 1.82. The number of hydrogen-bond acceptors (Lipinski definition) is 1. The molecule has 18 heavy (non-hydrogen) atoms. The molecule has 2 heteroatoms. The molecule has 2 saturated heterocycles. The lowest BCUT2D eigenvalue weighted by Crippen LogP contribution is -2.37. The average molecular weight is 253 g/mol. The van der Waals surface area contributed by atoms with Crippen LogP contribution in [0.2, 0.25) is 0 Å². The minimum absolute atomic E-state index is 0.953. The van der Waals surface area contributed by atoms with Gasteiger partial charge in [-0.15, -0.1) is 0 Å². The quantitative estimate of drug-likeness (QED) is 0.743. The Morgan fingerprint density at radius 1 is 0.833 bits per heavy atom. The lowest BCUT2D eigenvalue weighted by Gasteiger charge is -2.24. The van der Waals surface area contributed by atoms with Gasteiger partial charge in [0.15, 0.2) is 0 Å². The molecule has 2 fully saturated rings. The third kappa shape index (κ3) is 3.27. The van der Waals surface area contributed by atoms with Crippen LogP contribution in [0, 0.1) is 23.7 Å². The summed E-state index contributed by atoms with van der Waals surface area (Å²) in [5.41, 5.74) is 0. The topological polar surface area (TPSA) is 12.0 Å². The fourth-order valence-electron chi connectivity index (χ4n) is 4.46. The Morgan fingerprint density at radius 3 is 2.06 bits per heavy atom. The van der Waals surface area contributed by atoms with Gasteiger partial charge in [-0.2, -0.15) is 0 Å². The number of hydrogen-bond donors (Lipinski definition) is 1. The molecule has 0 saturated carbocycles. The lowest BCUT2D eigenvalue weighted by atomic mass is 9.83. The maximum absolute atomic E-state index is 3.59. The summed E-state index contributed by atoms with van der Waals surface area (Å²) < 4.78 is 1.25. The van der Waals surface area contributed by atoms with Crippen molar-refractivity contribution < 1.29 is 4.48 Å². The highest BCUT2D eigenvalue weighted by molar-refractivity contribution is 4.82. The van der Waals surface area contributed by atoms with Crippen molar-refractivity contribution in [2.45, 2.75) is 39.5 Å². The zero-order valence-corrected chi connectivity index (χ0v) is 12.9. The molecular weight excluding hydrogens is 220 g/mol. The van der Waals surface area contributed by atoms with Gasteiger partial charge in [0.25, 0.3) is 0 Å². The molecule has 2 aliphatic rings. The van der Waals surface area contributed by atoms with Crippen LogP contribution in [0.1, 0.15) is 39.5 Å². The summed E-state index contributed by atoms with van der Waals surface area (Å²) in [7, 11) is 4.82. The van der Waals surface area contributed by atoms with Crippen LogP contribution in [0.25, 0.3) is 0 Å². The Morgan fingerprint density at radius 2 is 1.39 bits per heavy atom. The van der Waals surface area contributed by atoms with Crippen LogP contribution in [-0.2, 0) is 0 Å². The molecule has 2 rings (SSSR count). The van der Waals surface area contributed by atoms with E-state index in [1.807, 2.05) is 0 Å². The minimum Gasteiger partial charge on any atom is -0.328 e. The second-order valence-electron chi connectivity index (χ2n) is 7.39. The van der Waals surface area contributed by atoms with E-state index in [9.17, 15) is 0 Å². The van der Waals surface area contributed by atoms with E-state index < -0.39 is 0 Å². The first-order chi connectivity index (χ1) is 8.55. The van der Waals surface area contributed by atoms with Gasteiger partial charge in [0.1, 0.15) is 0 Å². The summed E-state index contributed by atoms with van der Waals surface area (Å²) in [6, 6.07) is 0. The highest BCUT2D eigenvalue weighted by atomic mass is 15.3. The molecule has 0 bridgehead atoms. The average Bonchev–Trinajstić information content (AvgIpc) is 2.89. The zero-order chi connectivity index (χ0) is 13.2. The molecule has 2 aliphatic heterocycles. The van der Waals surface area contributed by atoms with Crippen LogP contribution in [0.4, 0.5) is 0 Å². The molecule has 2 heterocycles. The van der Waals surface area contributed by atoms with Crippen molar-refractivity contribution in [2.75, 3.05) is 40.3 Å². The molecule has 2 nitrogen and oxygen atoms in total. The van der Waals surface area contributed by atoms with Crippen molar-refractivity contribution in [3.8, 4) is 0 Å². The van der Waals surface area contributed by atoms with Crippen molar-refractivity contribution in [1.82, 2.24) is 5.32 Å². The van der Waals surface area contributed by atoms with Crippen LogP contribution >= 0.6 is 0 Å². The fraction of sp³-hybridized carbons (Fsp3) is 1.00.